The smallest absolute Gasteiger partial charge is 0.268 e. The third kappa shape index (κ3) is 5.35. The van der Waals surface area contributed by atoms with Gasteiger partial charge in [0, 0.05) is 5.54 Å². The summed E-state index contributed by atoms with van der Waals surface area (Å²) in [4.78, 5) is 7.11. The number of likely N-dealkylation sites (N-methyl/N-ethyl adjacent to an activating group) is 3. The first-order valence-corrected chi connectivity index (χ1v) is 14.0. The van der Waals surface area contributed by atoms with Gasteiger partial charge in [-0.3, -0.25) is 14.7 Å². The molecule has 0 spiro atoms. The van der Waals surface area contributed by atoms with Crippen molar-refractivity contribution < 1.29 is 9.22 Å². The highest BCUT2D eigenvalue weighted by Crippen LogP contribution is 2.53. The van der Waals surface area contributed by atoms with Crippen LogP contribution in [-0.4, -0.2) is 112 Å². The normalized spacial score (nSPS) is 18.8. The molecule has 0 aliphatic carbocycles. The van der Waals surface area contributed by atoms with Gasteiger partial charge in [-0.2, -0.15) is 0 Å². The maximum Gasteiger partial charge on any atom is 0.268 e. The van der Waals surface area contributed by atoms with Gasteiger partial charge in [0.05, 0.1) is 27.1 Å². The fraction of sp³-hybridized carbons (Fsp3) is 1.00. The molecule has 212 valence electrons. The van der Waals surface area contributed by atoms with Crippen LogP contribution in [0.3, 0.4) is 0 Å². The Hall–Kier alpha value is -0.240. The summed E-state index contributed by atoms with van der Waals surface area (Å²) in [6.07, 6.45) is 5.09. The molecule has 3 atom stereocenters. The Labute approximate surface area is 221 Å². The van der Waals surface area contributed by atoms with Crippen LogP contribution in [0, 0.1) is 11.3 Å². The number of ether oxygens (including phenoxy) is 1. The zero-order valence-electron chi connectivity index (χ0n) is 27.3. The first-order valence-electron chi connectivity index (χ1n) is 14.0. The van der Waals surface area contributed by atoms with Gasteiger partial charge in [0.2, 0.25) is 0 Å². The largest absolute Gasteiger partial charge is 0.303 e. The van der Waals surface area contributed by atoms with Crippen molar-refractivity contribution in [2.75, 3.05) is 70.5 Å². The summed E-state index contributed by atoms with van der Waals surface area (Å²) in [5.41, 5.74) is -1.03. The van der Waals surface area contributed by atoms with Crippen molar-refractivity contribution in [1.29, 1.82) is 0 Å². The van der Waals surface area contributed by atoms with Gasteiger partial charge in [-0.25, -0.2) is 4.90 Å². The van der Waals surface area contributed by atoms with Crippen molar-refractivity contribution in [3.05, 3.63) is 0 Å². The Morgan fingerprint density at radius 2 is 1.14 bits per heavy atom. The molecule has 0 aliphatic rings. The molecule has 0 bridgehead atoms. The van der Waals surface area contributed by atoms with Crippen LogP contribution in [0.1, 0.15) is 87.5 Å². The fourth-order valence-electron chi connectivity index (χ4n) is 7.49. The molecule has 0 aromatic carbocycles. The predicted octanol–water partition coefficient (Wildman–Crippen LogP) is 5.15. The standard InChI is InChI=1S/C29H66N5O/c1-19-24(26(8,20-2)21-3)28(32(12)13,34(16,17)18)35-27(22-4,23-5)29(30-9,33(14)15)25(6,7)31(10)11/h24,30H,19-23H2,1-18H3/q+1. The fourth-order valence-corrected chi connectivity index (χ4v) is 7.49. The van der Waals surface area contributed by atoms with Gasteiger partial charge >= 0.3 is 0 Å². The van der Waals surface area contributed by atoms with Gasteiger partial charge < -0.3 is 9.64 Å². The average Bonchev–Trinajstić information content (AvgIpc) is 2.76. The second kappa shape index (κ2) is 12.1. The first-order chi connectivity index (χ1) is 15.8. The summed E-state index contributed by atoms with van der Waals surface area (Å²) in [6, 6.07) is 0. The van der Waals surface area contributed by atoms with E-state index in [1.54, 1.807) is 0 Å². The second-order valence-corrected chi connectivity index (χ2v) is 13.0. The Bertz CT molecular complexity index is 631. The van der Waals surface area contributed by atoms with E-state index in [9.17, 15) is 0 Å². The zero-order valence-corrected chi connectivity index (χ0v) is 27.3. The van der Waals surface area contributed by atoms with Gasteiger partial charge in [0.1, 0.15) is 11.3 Å². The van der Waals surface area contributed by atoms with Crippen molar-refractivity contribution in [3.63, 3.8) is 0 Å². The molecule has 1 N–H and O–H groups in total. The topological polar surface area (TPSA) is 31.0 Å². The minimum Gasteiger partial charge on any atom is -0.303 e. The third-order valence-electron chi connectivity index (χ3n) is 10.1. The molecule has 0 rings (SSSR count). The molecule has 0 saturated carbocycles. The van der Waals surface area contributed by atoms with Crippen LogP contribution in [-0.2, 0) is 4.74 Å². The van der Waals surface area contributed by atoms with Crippen molar-refractivity contribution in [1.82, 2.24) is 20.0 Å². The van der Waals surface area contributed by atoms with Crippen LogP contribution in [0.25, 0.3) is 0 Å². The number of hydrogen-bond acceptors (Lipinski definition) is 5. The molecule has 6 nitrogen and oxygen atoms in total. The lowest BCUT2D eigenvalue weighted by atomic mass is 9.66. The van der Waals surface area contributed by atoms with Gasteiger partial charge in [0.25, 0.3) is 5.85 Å². The maximum absolute atomic E-state index is 7.97. The Balaban J connectivity index is 7.81. The minimum absolute atomic E-state index is 0.148. The van der Waals surface area contributed by atoms with E-state index >= 15 is 0 Å². The molecular formula is C29H66N5O+. The highest BCUT2D eigenvalue weighted by Gasteiger charge is 2.68. The molecule has 0 amide bonds. The minimum atomic E-state index is -0.540. The summed E-state index contributed by atoms with van der Waals surface area (Å²) in [5.74, 6) is -0.209. The molecule has 0 heterocycles. The summed E-state index contributed by atoms with van der Waals surface area (Å²) in [6.45, 7) is 18.8. The number of nitrogens with one attached hydrogen (secondary N) is 1. The summed E-state index contributed by atoms with van der Waals surface area (Å²) >= 11 is 0. The van der Waals surface area contributed by atoms with Crippen molar-refractivity contribution in [2.45, 2.75) is 110 Å². The van der Waals surface area contributed by atoms with Crippen molar-refractivity contribution in [3.8, 4) is 0 Å². The van der Waals surface area contributed by atoms with E-state index in [1.807, 2.05) is 0 Å². The van der Waals surface area contributed by atoms with Gasteiger partial charge in [-0.1, -0.05) is 54.4 Å². The van der Waals surface area contributed by atoms with Gasteiger partial charge in [-0.15, -0.1) is 0 Å². The molecule has 0 fully saturated rings. The molecule has 0 aliphatic heterocycles. The second-order valence-electron chi connectivity index (χ2n) is 13.0. The van der Waals surface area contributed by atoms with E-state index in [0.29, 0.717) is 10.4 Å². The summed E-state index contributed by atoms with van der Waals surface area (Å²) in [7, 11) is 22.3. The molecule has 35 heavy (non-hydrogen) atoms. The number of hydrogen-bond donors (Lipinski definition) is 1. The highest BCUT2D eigenvalue weighted by molar-refractivity contribution is 5.16. The van der Waals surface area contributed by atoms with Crippen LogP contribution in [0.4, 0.5) is 0 Å². The van der Waals surface area contributed by atoms with Crippen LogP contribution >= 0.6 is 0 Å². The van der Waals surface area contributed by atoms with Crippen LogP contribution < -0.4 is 5.32 Å². The quantitative estimate of drug-likeness (QED) is 0.234. The summed E-state index contributed by atoms with van der Waals surface area (Å²) < 4.78 is 8.67. The van der Waals surface area contributed by atoms with Gasteiger partial charge in [0.15, 0.2) is 0 Å². The lowest BCUT2D eigenvalue weighted by Gasteiger charge is -2.66. The van der Waals surface area contributed by atoms with Crippen LogP contribution in [0.15, 0.2) is 0 Å². The predicted molar refractivity (Wildman–Crippen MR) is 155 cm³/mol. The molecule has 0 aromatic heterocycles. The van der Waals surface area contributed by atoms with E-state index in [-0.39, 0.29) is 11.0 Å². The number of nitrogens with zero attached hydrogens (tertiary/aromatic N) is 4. The lowest BCUT2D eigenvalue weighted by Crippen LogP contribution is -2.85. The molecule has 0 aromatic rings. The Morgan fingerprint density at radius 3 is 1.34 bits per heavy atom. The molecule has 6 heteroatoms. The maximum atomic E-state index is 7.97. The van der Waals surface area contributed by atoms with E-state index in [1.165, 1.54) is 0 Å². The molecule has 3 unspecified atom stereocenters. The van der Waals surface area contributed by atoms with E-state index in [0.717, 1.165) is 32.1 Å². The van der Waals surface area contributed by atoms with E-state index in [4.69, 9.17) is 4.74 Å². The SMILES string of the molecule is CCC(C(C)(CC)CC)C(OC(CC)(CC)C(NC)(N(C)C)C(C)(C)N(C)C)(N(C)C)[N+](C)(C)C. The van der Waals surface area contributed by atoms with E-state index < -0.39 is 17.1 Å². The zero-order chi connectivity index (χ0) is 28.3. The number of rotatable bonds is 16. The summed E-state index contributed by atoms with van der Waals surface area (Å²) in [5, 5.41) is 3.85. The van der Waals surface area contributed by atoms with Gasteiger partial charge in [-0.05, 0) is 87.9 Å². The Morgan fingerprint density at radius 1 is 0.714 bits per heavy atom. The third-order valence-corrected chi connectivity index (χ3v) is 10.1. The van der Waals surface area contributed by atoms with Crippen molar-refractivity contribution >= 4 is 0 Å². The van der Waals surface area contributed by atoms with Crippen molar-refractivity contribution in [2.24, 2.45) is 11.3 Å². The first kappa shape index (κ1) is 34.8. The number of quaternary nitrogens is 1. The Kier molecular flexibility index (Phi) is 12.0. The monoisotopic (exact) mass is 501 g/mol. The van der Waals surface area contributed by atoms with Crippen LogP contribution in [0.2, 0.25) is 0 Å². The lowest BCUT2D eigenvalue weighted by molar-refractivity contribution is -0.976. The molecule has 0 radical (unpaired) electrons. The average molecular weight is 501 g/mol. The van der Waals surface area contributed by atoms with E-state index in [2.05, 4.69) is 146 Å². The van der Waals surface area contributed by atoms with Crippen LogP contribution in [0.5, 0.6) is 0 Å². The molecular weight excluding hydrogens is 434 g/mol. The molecule has 0 saturated heterocycles. The highest BCUT2D eigenvalue weighted by atomic mass is 16.6.